The monoisotopic (exact) mass is 787 g/mol. The lowest BCUT2D eigenvalue weighted by Gasteiger charge is -2.29. The van der Waals surface area contributed by atoms with E-state index in [-0.39, 0.29) is 41.4 Å². The number of carbonyl (C=O) groups is 6. The number of unbranched alkanes of at least 4 members (excludes halogenated alkanes) is 1. The molecule has 1 aliphatic heterocycles. The molecule has 0 radical (unpaired) electrons. The molecule has 4 rings (SSSR count). The predicted molar refractivity (Wildman–Crippen MR) is 220 cm³/mol. The number of ether oxygens (including phenoxy) is 1. The highest BCUT2D eigenvalue weighted by Gasteiger charge is 2.38. The molecule has 12 nitrogen and oxygen atoms in total. The molecule has 1 saturated heterocycles. The third-order valence-corrected chi connectivity index (χ3v) is 11.2. The molecule has 4 atom stereocenters. The van der Waals surface area contributed by atoms with Gasteiger partial charge in [-0.3, -0.25) is 29.0 Å². The summed E-state index contributed by atoms with van der Waals surface area (Å²) in [5, 5.41) is 8.91. The first-order valence-corrected chi connectivity index (χ1v) is 20.9. The van der Waals surface area contributed by atoms with Gasteiger partial charge in [0.05, 0.1) is 12.0 Å². The second-order valence-electron chi connectivity index (χ2n) is 17.3. The lowest BCUT2D eigenvalue weighted by Crippen LogP contribution is -2.54. The quantitative estimate of drug-likeness (QED) is 0.0900. The average molecular weight is 788 g/mol. The molecule has 1 saturated carbocycles. The number of ketones is 2. The number of allylic oxidation sites excluding steroid dienone is 4. The summed E-state index contributed by atoms with van der Waals surface area (Å²) in [4.78, 5) is 86.6. The molecule has 1 aromatic heterocycles. The molecule has 0 spiro atoms. The van der Waals surface area contributed by atoms with Crippen molar-refractivity contribution < 1.29 is 33.5 Å². The van der Waals surface area contributed by atoms with Crippen LogP contribution in [0.4, 0.5) is 4.79 Å². The molecule has 2 aliphatic carbocycles. The Bertz CT molecular complexity index is 1720. The van der Waals surface area contributed by atoms with E-state index in [2.05, 4.69) is 20.9 Å². The Hall–Kier alpha value is -4.61. The molecule has 57 heavy (non-hydrogen) atoms. The molecule has 0 aromatic carbocycles. The van der Waals surface area contributed by atoms with E-state index in [1.165, 1.54) is 0 Å². The van der Waals surface area contributed by atoms with E-state index in [9.17, 15) is 28.8 Å². The molecule has 3 aliphatic rings. The maximum absolute atomic E-state index is 14.5. The summed E-state index contributed by atoms with van der Waals surface area (Å²) in [6.45, 7) is 14.6. The smallest absolute Gasteiger partial charge is 0.408 e. The third kappa shape index (κ3) is 13.2. The maximum Gasteiger partial charge on any atom is 0.408 e. The van der Waals surface area contributed by atoms with Crippen LogP contribution in [-0.2, 0) is 35.1 Å². The number of nitrogens with one attached hydrogen (secondary N) is 3. The lowest BCUT2D eigenvalue weighted by atomic mass is 9.84. The van der Waals surface area contributed by atoms with E-state index in [4.69, 9.17) is 4.74 Å². The maximum atomic E-state index is 14.5. The Morgan fingerprint density at radius 1 is 0.895 bits per heavy atom. The lowest BCUT2D eigenvalue weighted by molar-refractivity contribution is -0.141. The van der Waals surface area contributed by atoms with Gasteiger partial charge in [-0.2, -0.15) is 0 Å². The van der Waals surface area contributed by atoms with Gasteiger partial charge in [0.2, 0.25) is 17.7 Å². The van der Waals surface area contributed by atoms with Crippen molar-refractivity contribution in [3.05, 3.63) is 64.5 Å². The van der Waals surface area contributed by atoms with Crippen molar-refractivity contribution in [3.8, 4) is 0 Å². The fourth-order valence-electron chi connectivity index (χ4n) is 8.04. The first kappa shape index (κ1) is 45.1. The summed E-state index contributed by atoms with van der Waals surface area (Å²) in [5.74, 6) is -1.35. The van der Waals surface area contributed by atoms with E-state index in [1.54, 1.807) is 31.9 Å². The van der Waals surface area contributed by atoms with Crippen molar-refractivity contribution in [2.75, 3.05) is 6.54 Å². The third-order valence-electron chi connectivity index (χ3n) is 11.2. The van der Waals surface area contributed by atoms with Crippen molar-refractivity contribution in [3.63, 3.8) is 0 Å². The van der Waals surface area contributed by atoms with Gasteiger partial charge in [0.25, 0.3) is 0 Å². The van der Waals surface area contributed by atoms with E-state index in [1.807, 2.05) is 65.0 Å². The highest BCUT2D eigenvalue weighted by atomic mass is 16.6. The van der Waals surface area contributed by atoms with E-state index in [0.717, 1.165) is 37.8 Å². The number of hydrogen-bond donors (Lipinski definition) is 3. The molecule has 0 bridgehead atoms. The summed E-state index contributed by atoms with van der Waals surface area (Å²) in [5.41, 5.74) is 1.99. The van der Waals surface area contributed by atoms with Crippen LogP contribution in [0, 0.1) is 11.8 Å². The van der Waals surface area contributed by atoms with Gasteiger partial charge in [-0.25, -0.2) is 4.79 Å². The number of rotatable bonds is 17. The minimum atomic E-state index is -0.848. The zero-order chi connectivity index (χ0) is 41.9. The number of aromatic nitrogens is 1. The second-order valence-corrected chi connectivity index (χ2v) is 17.3. The van der Waals surface area contributed by atoms with E-state index < -0.39 is 29.7 Å². The fourth-order valence-corrected chi connectivity index (χ4v) is 8.04. The Kier molecular flexibility index (Phi) is 16.4. The molecule has 3 N–H and O–H groups in total. The summed E-state index contributed by atoms with van der Waals surface area (Å²) in [6, 6.07) is 3.45. The summed E-state index contributed by atoms with van der Waals surface area (Å²) in [7, 11) is 0. The van der Waals surface area contributed by atoms with Gasteiger partial charge in [-0.15, -0.1) is 0 Å². The Morgan fingerprint density at radius 2 is 1.60 bits per heavy atom. The molecule has 2 fully saturated rings. The number of pyridine rings is 1. The Morgan fingerprint density at radius 3 is 2.25 bits per heavy atom. The standard InChI is InChI=1S/C45H65N5O7/c1-28(2)47-41(53)37(20-12-11-19-36-31(5)39(51)29(3)30(4)40(36)52)49-42(54)38-21-15-25-50(38)43(55)33(27-34-18-13-14-24-46-34)22-23-35(26-32-16-9-10-17-32)48-44(56)57-45(6,7)8/h13-14,18,22-24,28,32-33,35,37-38H,9-12,15-17,19-21,25-27H2,1-8H3,(H,47,53)(H,48,56)(H,49,54)/b23-22+/t33-,35-,37+,38+/m1/s1. The molecule has 0 unspecified atom stereocenters. The Balaban J connectivity index is 1.49. The van der Waals surface area contributed by atoms with Gasteiger partial charge in [0, 0.05) is 53.2 Å². The molecule has 312 valence electrons. The zero-order valence-corrected chi connectivity index (χ0v) is 35.4. The number of Topliss-reactive ketones (excluding diaryl/α,β-unsaturated/α-hetero) is 2. The summed E-state index contributed by atoms with van der Waals surface area (Å²) >= 11 is 0. The number of hydrogen-bond acceptors (Lipinski definition) is 8. The minimum Gasteiger partial charge on any atom is -0.444 e. The highest BCUT2D eigenvalue weighted by Crippen LogP contribution is 2.30. The molecule has 2 heterocycles. The number of carbonyl (C=O) groups excluding carboxylic acids is 6. The highest BCUT2D eigenvalue weighted by molar-refractivity contribution is 6.24. The van der Waals surface area contributed by atoms with Crippen LogP contribution < -0.4 is 16.0 Å². The summed E-state index contributed by atoms with van der Waals surface area (Å²) < 4.78 is 5.58. The van der Waals surface area contributed by atoms with E-state index >= 15 is 0 Å². The minimum absolute atomic E-state index is 0.113. The van der Waals surface area contributed by atoms with Crippen LogP contribution >= 0.6 is 0 Å². The fraction of sp³-hybridized carbons (Fsp3) is 0.622. The first-order chi connectivity index (χ1) is 26.9. The largest absolute Gasteiger partial charge is 0.444 e. The zero-order valence-electron chi connectivity index (χ0n) is 35.4. The van der Waals surface area contributed by atoms with E-state index in [0.29, 0.717) is 79.7 Å². The number of alkyl carbamates (subject to hydrolysis) is 1. The molecule has 12 heteroatoms. The first-order valence-electron chi connectivity index (χ1n) is 20.9. The van der Waals surface area contributed by atoms with Gasteiger partial charge >= 0.3 is 6.09 Å². The predicted octanol–water partition coefficient (Wildman–Crippen LogP) is 6.64. The second kappa shape index (κ2) is 20.7. The SMILES string of the molecule is CC1=C(C)C(=O)C(CCCC[C@H](NC(=O)[C@@H]2CCCN2C(=O)[C@H](/C=C/[C@H](CC2CCCC2)NC(=O)OC(C)(C)C)Cc2ccccn2)C(=O)NC(C)C)=C(C)C1=O. The van der Waals surface area contributed by atoms with Crippen molar-refractivity contribution in [1.29, 1.82) is 0 Å². The Labute approximate surface area is 339 Å². The number of amides is 4. The van der Waals surface area contributed by atoms with Crippen molar-refractivity contribution in [1.82, 2.24) is 25.8 Å². The van der Waals surface area contributed by atoms with Crippen LogP contribution in [0.1, 0.15) is 132 Å². The molecular formula is C45H65N5O7. The van der Waals surface area contributed by atoms with Gasteiger partial charge in [-0.05, 0) is 112 Å². The van der Waals surface area contributed by atoms with Crippen LogP contribution in [-0.4, -0.2) is 81.6 Å². The van der Waals surface area contributed by atoms with Crippen molar-refractivity contribution in [2.24, 2.45) is 11.8 Å². The van der Waals surface area contributed by atoms with Crippen LogP contribution in [0.15, 0.2) is 58.8 Å². The number of likely N-dealkylation sites (tertiary alicyclic amines) is 1. The van der Waals surface area contributed by atoms with Gasteiger partial charge in [0.15, 0.2) is 11.6 Å². The normalized spacial score (nSPS) is 19.7. The number of nitrogens with zero attached hydrogens (tertiary/aromatic N) is 2. The van der Waals surface area contributed by atoms with Gasteiger partial charge in [0.1, 0.15) is 17.7 Å². The van der Waals surface area contributed by atoms with Crippen molar-refractivity contribution >= 4 is 35.4 Å². The summed E-state index contributed by atoms with van der Waals surface area (Å²) in [6.07, 6.45) is 13.4. The topological polar surface area (TPSA) is 164 Å². The average Bonchev–Trinajstić information content (AvgIpc) is 3.86. The van der Waals surface area contributed by atoms with Crippen LogP contribution in [0.2, 0.25) is 0 Å². The van der Waals surface area contributed by atoms with Crippen LogP contribution in [0.5, 0.6) is 0 Å². The van der Waals surface area contributed by atoms with Gasteiger partial charge in [-0.1, -0.05) is 50.3 Å². The van der Waals surface area contributed by atoms with Gasteiger partial charge < -0.3 is 25.6 Å². The van der Waals surface area contributed by atoms with Crippen LogP contribution in [0.3, 0.4) is 0 Å². The molecular weight excluding hydrogens is 723 g/mol. The van der Waals surface area contributed by atoms with Crippen LogP contribution in [0.25, 0.3) is 0 Å². The van der Waals surface area contributed by atoms with Crippen molar-refractivity contribution in [2.45, 2.75) is 162 Å². The molecule has 4 amide bonds. The molecule has 1 aromatic rings.